The van der Waals surface area contributed by atoms with Crippen LogP contribution in [0, 0.1) is 12.8 Å². The first kappa shape index (κ1) is 17.2. The molecule has 1 amide bonds. The SMILES string of the molecule is Cc1ccc(COC(=O)[C@@H]2CC(=O)N([C@H](C)c3ccccc3)C2)cc1. The molecule has 2 aromatic carbocycles. The van der Waals surface area contributed by atoms with Crippen LogP contribution in [0.3, 0.4) is 0 Å². The molecule has 130 valence electrons. The predicted molar refractivity (Wildman–Crippen MR) is 95.7 cm³/mol. The van der Waals surface area contributed by atoms with Gasteiger partial charge in [-0.3, -0.25) is 9.59 Å². The quantitative estimate of drug-likeness (QED) is 0.783. The first-order chi connectivity index (χ1) is 12.0. The minimum atomic E-state index is -0.385. The van der Waals surface area contributed by atoms with Crippen molar-refractivity contribution in [1.29, 1.82) is 0 Å². The second-order valence-corrected chi connectivity index (χ2v) is 6.63. The molecule has 2 atom stereocenters. The lowest BCUT2D eigenvalue weighted by Crippen LogP contribution is -2.29. The van der Waals surface area contributed by atoms with Crippen molar-refractivity contribution >= 4 is 11.9 Å². The van der Waals surface area contributed by atoms with Crippen molar-refractivity contribution in [3.63, 3.8) is 0 Å². The normalized spacial score (nSPS) is 18.2. The lowest BCUT2D eigenvalue weighted by Gasteiger charge is -2.25. The fourth-order valence-electron chi connectivity index (χ4n) is 3.13. The number of ether oxygens (including phenoxy) is 1. The van der Waals surface area contributed by atoms with Gasteiger partial charge in [-0.25, -0.2) is 0 Å². The van der Waals surface area contributed by atoms with E-state index in [1.807, 2.05) is 68.4 Å². The lowest BCUT2D eigenvalue weighted by molar-refractivity contribution is -0.149. The topological polar surface area (TPSA) is 46.6 Å². The molecule has 1 fully saturated rings. The molecule has 25 heavy (non-hydrogen) atoms. The molecule has 0 bridgehead atoms. The molecule has 2 aromatic rings. The van der Waals surface area contributed by atoms with Gasteiger partial charge in [0.2, 0.25) is 5.91 Å². The summed E-state index contributed by atoms with van der Waals surface area (Å²) in [6.07, 6.45) is 0.226. The number of amides is 1. The number of hydrogen-bond donors (Lipinski definition) is 0. The van der Waals surface area contributed by atoms with E-state index >= 15 is 0 Å². The van der Waals surface area contributed by atoms with E-state index in [0.29, 0.717) is 6.54 Å². The highest BCUT2D eigenvalue weighted by Crippen LogP contribution is 2.29. The lowest BCUT2D eigenvalue weighted by atomic mass is 10.1. The Hall–Kier alpha value is -2.62. The monoisotopic (exact) mass is 337 g/mol. The van der Waals surface area contributed by atoms with Crippen molar-refractivity contribution in [1.82, 2.24) is 4.90 Å². The Morgan fingerprint density at radius 3 is 2.52 bits per heavy atom. The Bertz CT molecular complexity index is 739. The molecular weight excluding hydrogens is 314 g/mol. The van der Waals surface area contributed by atoms with Crippen LogP contribution >= 0.6 is 0 Å². The van der Waals surface area contributed by atoms with E-state index in [9.17, 15) is 9.59 Å². The predicted octanol–water partition coefficient (Wildman–Crippen LogP) is 3.65. The smallest absolute Gasteiger partial charge is 0.311 e. The summed E-state index contributed by atoms with van der Waals surface area (Å²) in [6.45, 7) is 4.68. The van der Waals surface area contributed by atoms with Gasteiger partial charge in [0.1, 0.15) is 6.61 Å². The van der Waals surface area contributed by atoms with Gasteiger partial charge < -0.3 is 9.64 Å². The van der Waals surface area contributed by atoms with Crippen LogP contribution in [-0.4, -0.2) is 23.3 Å². The van der Waals surface area contributed by atoms with Crippen LogP contribution in [0.2, 0.25) is 0 Å². The summed E-state index contributed by atoms with van der Waals surface area (Å²) in [6, 6.07) is 17.7. The van der Waals surface area contributed by atoms with Gasteiger partial charge in [-0.05, 0) is 25.0 Å². The summed E-state index contributed by atoms with van der Waals surface area (Å²) >= 11 is 0. The van der Waals surface area contributed by atoms with Crippen LogP contribution in [-0.2, 0) is 20.9 Å². The first-order valence-electron chi connectivity index (χ1n) is 8.61. The Kier molecular flexibility index (Phi) is 5.17. The van der Waals surface area contributed by atoms with Gasteiger partial charge in [-0.1, -0.05) is 60.2 Å². The molecule has 3 rings (SSSR count). The van der Waals surface area contributed by atoms with Crippen LogP contribution < -0.4 is 0 Å². The average molecular weight is 337 g/mol. The molecule has 0 saturated carbocycles. The first-order valence-corrected chi connectivity index (χ1v) is 8.61. The van der Waals surface area contributed by atoms with E-state index in [1.54, 1.807) is 4.90 Å². The highest BCUT2D eigenvalue weighted by molar-refractivity contribution is 5.87. The summed E-state index contributed by atoms with van der Waals surface area (Å²) in [4.78, 5) is 26.4. The molecule has 1 aliphatic rings. The summed E-state index contributed by atoms with van der Waals surface area (Å²) < 4.78 is 5.42. The van der Waals surface area contributed by atoms with Crippen molar-refractivity contribution in [3.8, 4) is 0 Å². The molecular formula is C21H23NO3. The van der Waals surface area contributed by atoms with E-state index in [4.69, 9.17) is 4.74 Å². The molecule has 0 aliphatic carbocycles. The zero-order chi connectivity index (χ0) is 17.8. The second kappa shape index (κ2) is 7.51. The van der Waals surface area contributed by atoms with Crippen LogP contribution in [0.5, 0.6) is 0 Å². The molecule has 1 heterocycles. The second-order valence-electron chi connectivity index (χ2n) is 6.63. The van der Waals surface area contributed by atoms with E-state index in [0.717, 1.165) is 11.1 Å². The molecule has 0 spiro atoms. The highest BCUT2D eigenvalue weighted by Gasteiger charge is 2.37. The van der Waals surface area contributed by atoms with Crippen LogP contribution in [0.15, 0.2) is 54.6 Å². The number of aryl methyl sites for hydroxylation is 1. The number of nitrogens with zero attached hydrogens (tertiary/aromatic N) is 1. The van der Waals surface area contributed by atoms with Gasteiger partial charge in [-0.15, -0.1) is 0 Å². The largest absolute Gasteiger partial charge is 0.461 e. The number of hydrogen-bond acceptors (Lipinski definition) is 3. The van der Waals surface area contributed by atoms with Crippen molar-refractivity contribution in [2.45, 2.75) is 32.9 Å². The van der Waals surface area contributed by atoms with Crippen molar-refractivity contribution < 1.29 is 14.3 Å². The van der Waals surface area contributed by atoms with E-state index in [1.165, 1.54) is 5.56 Å². The Morgan fingerprint density at radius 2 is 1.84 bits per heavy atom. The fraction of sp³-hybridized carbons (Fsp3) is 0.333. The summed E-state index contributed by atoms with van der Waals surface area (Å²) in [5.74, 6) is -0.672. The number of carbonyl (C=O) groups excluding carboxylic acids is 2. The number of carbonyl (C=O) groups is 2. The van der Waals surface area contributed by atoms with Gasteiger partial charge in [0.05, 0.1) is 12.0 Å². The molecule has 0 N–H and O–H groups in total. The Morgan fingerprint density at radius 1 is 1.16 bits per heavy atom. The third kappa shape index (κ3) is 4.08. The van der Waals surface area contributed by atoms with Crippen LogP contribution in [0.25, 0.3) is 0 Å². The third-order valence-electron chi connectivity index (χ3n) is 4.74. The minimum Gasteiger partial charge on any atom is -0.461 e. The van der Waals surface area contributed by atoms with Crippen molar-refractivity contribution in [2.75, 3.05) is 6.54 Å². The van der Waals surface area contributed by atoms with Gasteiger partial charge in [0.25, 0.3) is 0 Å². The van der Waals surface area contributed by atoms with Gasteiger partial charge in [0, 0.05) is 13.0 Å². The molecule has 0 aromatic heterocycles. The standard InChI is InChI=1S/C21H23NO3/c1-15-8-10-17(11-9-15)14-25-21(24)19-12-20(23)22(13-19)16(2)18-6-4-3-5-7-18/h3-11,16,19H,12-14H2,1-2H3/t16-,19-/m1/s1. The maximum Gasteiger partial charge on any atom is 0.311 e. The fourth-order valence-corrected chi connectivity index (χ4v) is 3.13. The maximum atomic E-state index is 12.3. The third-order valence-corrected chi connectivity index (χ3v) is 4.74. The van der Waals surface area contributed by atoms with Gasteiger partial charge in [0.15, 0.2) is 0 Å². The van der Waals surface area contributed by atoms with E-state index in [2.05, 4.69) is 0 Å². The number of likely N-dealkylation sites (tertiary alicyclic amines) is 1. The van der Waals surface area contributed by atoms with Gasteiger partial charge in [-0.2, -0.15) is 0 Å². The molecule has 4 heteroatoms. The number of benzene rings is 2. The highest BCUT2D eigenvalue weighted by atomic mass is 16.5. The molecule has 1 saturated heterocycles. The van der Waals surface area contributed by atoms with E-state index in [-0.39, 0.29) is 36.9 Å². The minimum absolute atomic E-state index is 0.00800. The molecule has 4 nitrogen and oxygen atoms in total. The zero-order valence-corrected chi connectivity index (χ0v) is 14.6. The summed E-state index contributed by atoms with van der Waals surface area (Å²) in [5, 5.41) is 0. The maximum absolute atomic E-state index is 12.3. The van der Waals surface area contributed by atoms with Crippen molar-refractivity contribution in [2.24, 2.45) is 5.92 Å². The summed E-state index contributed by atoms with van der Waals surface area (Å²) in [5.41, 5.74) is 3.20. The molecule has 0 unspecified atom stereocenters. The van der Waals surface area contributed by atoms with Crippen LogP contribution in [0.1, 0.15) is 36.1 Å². The zero-order valence-electron chi connectivity index (χ0n) is 14.6. The summed E-state index contributed by atoms with van der Waals surface area (Å²) in [7, 11) is 0. The molecule has 1 aliphatic heterocycles. The Labute approximate surface area is 148 Å². The number of esters is 1. The molecule has 0 radical (unpaired) electrons. The van der Waals surface area contributed by atoms with Gasteiger partial charge >= 0.3 is 5.97 Å². The average Bonchev–Trinajstić information content (AvgIpc) is 3.03. The van der Waals surface area contributed by atoms with E-state index < -0.39 is 0 Å². The van der Waals surface area contributed by atoms with Crippen molar-refractivity contribution in [3.05, 3.63) is 71.3 Å². The Balaban J connectivity index is 1.58. The number of rotatable bonds is 5. The van der Waals surface area contributed by atoms with Crippen LogP contribution in [0.4, 0.5) is 0 Å².